The lowest BCUT2D eigenvalue weighted by molar-refractivity contribution is -0.141. The van der Waals surface area contributed by atoms with Gasteiger partial charge in [0.2, 0.25) is 0 Å². The van der Waals surface area contributed by atoms with Gasteiger partial charge in [0.1, 0.15) is 11.4 Å². The molecular weight excluding hydrogens is 274 g/mol. The quantitative estimate of drug-likeness (QED) is 0.773. The van der Waals surface area contributed by atoms with Crippen molar-refractivity contribution in [3.63, 3.8) is 0 Å². The van der Waals surface area contributed by atoms with E-state index in [1.54, 1.807) is 39.0 Å². The number of aliphatic carboxylic acids is 1. The molecule has 6 nitrogen and oxygen atoms in total. The van der Waals surface area contributed by atoms with Crippen LogP contribution in [0.25, 0.3) is 0 Å². The van der Waals surface area contributed by atoms with E-state index in [0.717, 1.165) is 0 Å². The molecule has 1 atom stereocenters. The number of phenolic OH excluding ortho intramolecular Hbond substituents is 1. The highest BCUT2D eigenvalue weighted by Gasteiger charge is 2.22. The molecule has 0 radical (unpaired) electrons. The van der Waals surface area contributed by atoms with Gasteiger partial charge in [-0.15, -0.1) is 0 Å². The van der Waals surface area contributed by atoms with E-state index in [0.29, 0.717) is 5.56 Å². The first-order valence-electron chi connectivity index (χ1n) is 6.65. The van der Waals surface area contributed by atoms with E-state index in [-0.39, 0.29) is 18.7 Å². The Morgan fingerprint density at radius 2 is 1.90 bits per heavy atom. The molecule has 6 heteroatoms. The number of ether oxygens (including phenoxy) is 1. The van der Waals surface area contributed by atoms with E-state index in [2.05, 4.69) is 5.32 Å². The van der Waals surface area contributed by atoms with Crippen LogP contribution in [0, 0.1) is 5.92 Å². The second-order valence-electron chi connectivity index (χ2n) is 5.75. The Morgan fingerprint density at radius 3 is 2.43 bits per heavy atom. The number of carboxylic acids is 1. The Kier molecular flexibility index (Phi) is 5.58. The molecule has 116 valence electrons. The standard InChI is InChI=1S/C15H21NO5/c1-15(2,3)21-14(20)16-9-11(13(18)19)8-10-6-4-5-7-12(10)17/h4-7,11,17H,8-9H2,1-3H3,(H,16,20)(H,18,19)/t11-/m0/s1. The summed E-state index contributed by atoms with van der Waals surface area (Å²) in [6.07, 6.45) is -0.538. The number of benzene rings is 1. The molecule has 0 aliphatic rings. The van der Waals surface area contributed by atoms with Gasteiger partial charge in [-0.1, -0.05) is 18.2 Å². The predicted octanol–water partition coefficient (Wildman–Crippen LogP) is 2.16. The first-order valence-corrected chi connectivity index (χ1v) is 6.65. The van der Waals surface area contributed by atoms with Gasteiger partial charge in [0.25, 0.3) is 0 Å². The minimum absolute atomic E-state index is 0.0426. The zero-order valence-corrected chi connectivity index (χ0v) is 12.4. The topological polar surface area (TPSA) is 95.9 Å². The highest BCUT2D eigenvalue weighted by molar-refractivity contribution is 5.73. The lowest BCUT2D eigenvalue weighted by atomic mass is 9.99. The van der Waals surface area contributed by atoms with Crippen molar-refractivity contribution in [1.29, 1.82) is 0 Å². The number of hydrogen-bond donors (Lipinski definition) is 3. The summed E-state index contributed by atoms with van der Waals surface area (Å²) in [5.74, 6) is -1.85. The van der Waals surface area contributed by atoms with Crippen molar-refractivity contribution in [3.05, 3.63) is 29.8 Å². The fraction of sp³-hybridized carbons (Fsp3) is 0.467. The molecule has 0 aliphatic carbocycles. The fourth-order valence-electron chi connectivity index (χ4n) is 1.72. The number of carbonyl (C=O) groups excluding carboxylic acids is 1. The van der Waals surface area contributed by atoms with Crippen LogP contribution in [0.15, 0.2) is 24.3 Å². The van der Waals surface area contributed by atoms with Gasteiger partial charge in [-0.25, -0.2) is 4.79 Å². The average molecular weight is 295 g/mol. The van der Waals surface area contributed by atoms with Gasteiger partial charge in [-0.3, -0.25) is 4.79 Å². The van der Waals surface area contributed by atoms with Gasteiger partial charge in [0.15, 0.2) is 0 Å². The second-order valence-corrected chi connectivity index (χ2v) is 5.75. The van der Waals surface area contributed by atoms with Crippen LogP contribution in [0.5, 0.6) is 5.75 Å². The molecule has 1 aromatic rings. The molecule has 0 heterocycles. The van der Waals surface area contributed by atoms with Crippen LogP contribution in [-0.2, 0) is 16.0 Å². The van der Waals surface area contributed by atoms with E-state index < -0.39 is 23.6 Å². The molecule has 0 aliphatic heterocycles. The molecule has 0 bridgehead atoms. The van der Waals surface area contributed by atoms with Crippen molar-refractivity contribution in [2.75, 3.05) is 6.54 Å². The lowest BCUT2D eigenvalue weighted by Crippen LogP contribution is -2.37. The Balaban J connectivity index is 2.61. The molecule has 1 rings (SSSR count). The van der Waals surface area contributed by atoms with E-state index in [9.17, 15) is 19.8 Å². The van der Waals surface area contributed by atoms with Crippen LogP contribution in [0.2, 0.25) is 0 Å². The molecule has 0 unspecified atom stereocenters. The number of aromatic hydroxyl groups is 1. The number of nitrogens with one attached hydrogen (secondary N) is 1. The summed E-state index contributed by atoms with van der Waals surface area (Å²) in [5, 5.41) is 21.3. The van der Waals surface area contributed by atoms with Gasteiger partial charge in [0.05, 0.1) is 5.92 Å². The summed E-state index contributed by atoms with van der Waals surface area (Å²) in [6, 6.07) is 6.52. The molecule has 0 saturated heterocycles. The third-order valence-electron chi connectivity index (χ3n) is 2.70. The monoisotopic (exact) mass is 295 g/mol. The molecule has 1 aromatic carbocycles. The predicted molar refractivity (Wildman–Crippen MR) is 77.2 cm³/mol. The Hall–Kier alpha value is -2.24. The van der Waals surface area contributed by atoms with Gasteiger partial charge in [0, 0.05) is 6.54 Å². The van der Waals surface area contributed by atoms with Gasteiger partial charge in [-0.2, -0.15) is 0 Å². The van der Waals surface area contributed by atoms with Gasteiger partial charge < -0.3 is 20.3 Å². The van der Waals surface area contributed by atoms with Crippen molar-refractivity contribution in [2.45, 2.75) is 32.8 Å². The third kappa shape index (κ3) is 6.16. The highest BCUT2D eigenvalue weighted by atomic mass is 16.6. The minimum Gasteiger partial charge on any atom is -0.508 e. The lowest BCUT2D eigenvalue weighted by Gasteiger charge is -2.21. The van der Waals surface area contributed by atoms with Crippen LogP contribution < -0.4 is 5.32 Å². The van der Waals surface area contributed by atoms with Crippen molar-refractivity contribution in [1.82, 2.24) is 5.32 Å². The van der Waals surface area contributed by atoms with Crippen molar-refractivity contribution < 1.29 is 24.5 Å². The van der Waals surface area contributed by atoms with Crippen LogP contribution in [0.1, 0.15) is 26.3 Å². The number of para-hydroxylation sites is 1. The maximum absolute atomic E-state index is 11.5. The second kappa shape index (κ2) is 6.97. The van der Waals surface area contributed by atoms with Crippen molar-refractivity contribution >= 4 is 12.1 Å². The first-order chi connectivity index (χ1) is 9.69. The summed E-state index contributed by atoms with van der Waals surface area (Å²) in [5.41, 5.74) is -0.114. The first kappa shape index (κ1) is 16.8. The third-order valence-corrected chi connectivity index (χ3v) is 2.70. The van der Waals surface area contributed by atoms with E-state index in [4.69, 9.17) is 4.74 Å². The number of rotatable bonds is 5. The largest absolute Gasteiger partial charge is 0.508 e. The molecule has 0 spiro atoms. The molecule has 1 amide bonds. The van der Waals surface area contributed by atoms with Crippen molar-refractivity contribution in [2.24, 2.45) is 5.92 Å². The van der Waals surface area contributed by atoms with E-state index in [1.165, 1.54) is 6.07 Å². The molecule has 0 fully saturated rings. The summed E-state index contributed by atoms with van der Waals surface area (Å²) >= 11 is 0. The van der Waals surface area contributed by atoms with E-state index >= 15 is 0 Å². The average Bonchev–Trinajstić information content (AvgIpc) is 2.34. The van der Waals surface area contributed by atoms with Crippen LogP contribution in [-0.4, -0.2) is 34.4 Å². The van der Waals surface area contributed by atoms with Gasteiger partial charge in [-0.05, 0) is 38.8 Å². The highest BCUT2D eigenvalue weighted by Crippen LogP contribution is 2.19. The number of hydrogen-bond acceptors (Lipinski definition) is 4. The van der Waals surface area contributed by atoms with Crippen LogP contribution in [0.4, 0.5) is 4.79 Å². The number of carbonyl (C=O) groups is 2. The Bertz CT molecular complexity index is 507. The zero-order valence-electron chi connectivity index (χ0n) is 12.4. The molecule has 0 saturated carbocycles. The number of carboxylic acid groups (broad SMARTS) is 1. The Morgan fingerprint density at radius 1 is 1.29 bits per heavy atom. The normalized spacial score (nSPS) is 12.5. The number of alkyl carbamates (subject to hydrolysis) is 1. The molecule has 0 aromatic heterocycles. The van der Waals surface area contributed by atoms with Crippen LogP contribution >= 0.6 is 0 Å². The zero-order chi connectivity index (χ0) is 16.0. The smallest absolute Gasteiger partial charge is 0.407 e. The number of amides is 1. The molecule has 21 heavy (non-hydrogen) atoms. The maximum atomic E-state index is 11.5. The van der Waals surface area contributed by atoms with Crippen LogP contribution in [0.3, 0.4) is 0 Å². The fourth-order valence-corrected chi connectivity index (χ4v) is 1.72. The Labute approximate surface area is 123 Å². The summed E-state index contributed by atoms with van der Waals surface area (Å²) in [7, 11) is 0. The van der Waals surface area contributed by atoms with Gasteiger partial charge >= 0.3 is 12.1 Å². The summed E-state index contributed by atoms with van der Waals surface area (Å²) < 4.78 is 5.05. The number of phenols is 1. The molecule has 3 N–H and O–H groups in total. The maximum Gasteiger partial charge on any atom is 0.407 e. The SMILES string of the molecule is CC(C)(C)OC(=O)NC[C@H](Cc1ccccc1O)C(=O)O. The molecular formula is C15H21NO5. The minimum atomic E-state index is -1.05. The van der Waals surface area contributed by atoms with E-state index in [1.807, 2.05) is 0 Å². The van der Waals surface area contributed by atoms with Crippen molar-refractivity contribution in [3.8, 4) is 5.75 Å². The summed E-state index contributed by atoms with van der Waals surface area (Å²) in [6.45, 7) is 5.11. The summed E-state index contributed by atoms with van der Waals surface area (Å²) in [4.78, 5) is 22.8.